The molecule has 0 amide bonds. The molecular weight excluding hydrogens is 274 g/mol. The quantitative estimate of drug-likeness (QED) is 0.862. The molecule has 7 nitrogen and oxygen atoms in total. The predicted octanol–water partition coefficient (Wildman–Crippen LogP) is 0.618. The second kappa shape index (κ2) is 5.34. The number of fused-ring (bicyclic) bond motifs is 1. The van der Waals surface area contributed by atoms with Crippen molar-refractivity contribution in [2.75, 3.05) is 24.6 Å². The van der Waals surface area contributed by atoms with Crippen LogP contribution in [0.15, 0.2) is 24.4 Å². The molecule has 7 heteroatoms. The van der Waals surface area contributed by atoms with Crippen molar-refractivity contribution in [3.05, 3.63) is 30.1 Å². The lowest BCUT2D eigenvalue weighted by Crippen LogP contribution is -2.48. The van der Waals surface area contributed by atoms with E-state index >= 15 is 0 Å². The van der Waals surface area contributed by atoms with E-state index in [0.29, 0.717) is 24.6 Å². The maximum absolute atomic E-state index is 11.6. The van der Waals surface area contributed by atoms with Crippen LogP contribution >= 0.6 is 0 Å². The Morgan fingerprint density at radius 3 is 3.00 bits per heavy atom. The highest BCUT2D eigenvalue weighted by Gasteiger charge is 2.30. The molecule has 112 valence electrons. The topological polar surface area (TPSA) is 87.3 Å². The standard InChI is InChI=1S/C14H17N3O4/c1-9-6-16(7-10(8-18)21-9)13-12(14(19)20)17-5-3-2-4-11(17)15-13/h2-5,9-10,18H,6-8H2,1H3,(H,19,20). The van der Waals surface area contributed by atoms with Gasteiger partial charge in [0.1, 0.15) is 5.65 Å². The van der Waals surface area contributed by atoms with Crippen molar-refractivity contribution < 1.29 is 19.7 Å². The highest BCUT2D eigenvalue weighted by atomic mass is 16.5. The molecule has 0 saturated carbocycles. The highest BCUT2D eigenvalue weighted by Crippen LogP contribution is 2.25. The third-order valence-electron chi connectivity index (χ3n) is 3.54. The van der Waals surface area contributed by atoms with Gasteiger partial charge in [-0.25, -0.2) is 9.78 Å². The van der Waals surface area contributed by atoms with Gasteiger partial charge in [-0.3, -0.25) is 4.40 Å². The summed E-state index contributed by atoms with van der Waals surface area (Å²) in [4.78, 5) is 17.9. The van der Waals surface area contributed by atoms with Crippen LogP contribution in [0.2, 0.25) is 0 Å². The summed E-state index contributed by atoms with van der Waals surface area (Å²) in [6.07, 6.45) is 1.26. The van der Waals surface area contributed by atoms with Crippen molar-refractivity contribution in [3.8, 4) is 0 Å². The number of aliphatic hydroxyl groups is 1. The number of nitrogens with zero attached hydrogens (tertiary/aromatic N) is 3. The highest BCUT2D eigenvalue weighted by molar-refractivity contribution is 5.93. The van der Waals surface area contributed by atoms with Crippen LogP contribution in [-0.4, -0.2) is 57.5 Å². The van der Waals surface area contributed by atoms with Gasteiger partial charge < -0.3 is 19.8 Å². The fourth-order valence-electron chi connectivity index (χ4n) is 2.72. The average Bonchev–Trinajstić information content (AvgIpc) is 2.86. The number of carboxylic acid groups (broad SMARTS) is 1. The molecule has 2 N–H and O–H groups in total. The van der Waals surface area contributed by atoms with Crippen molar-refractivity contribution >= 4 is 17.4 Å². The molecule has 1 aliphatic rings. The van der Waals surface area contributed by atoms with E-state index in [0.717, 1.165) is 0 Å². The molecule has 0 bridgehead atoms. The summed E-state index contributed by atoms with van der Waals surface area (Å²) in [6.45, 7) is 2.76. The number of aromatic carboxylic acids is 1. The molecule has 0 aliphatic carbocycles. The lowest BCUT2D eigenvalue weighted by Gasteiger charge is -2.36. The number of aromatic nitrogens is 2. The molecule has 0 radical (unpaired) electrons. The third-order valence-corrected chi connectivity index (χ3v) is 3.54. The van der Waals surface area contributed by atoms with Crippen LogP contribution in [0.3, 0.4) is 0 Å². The van der Waals surface area contributed by atoms with E-state index in [1.807, 2.05) is 17.9 Å². The molecule has 3 rings (SSSR count). The van der Waals surface area contributed by atoms with Gasteiger partial charge in [-0.2, -0.15) is 0 Å². The number of imidazole rings is 1. The molecule has 2 unspecified atom stereocenters. The monoisotopic (exact) mass is 291 g/mol. The lowest BCUT2D eigenvalue weighted by atomic mass is 10.2. The zero-order chi connectivity index (χ0) is 15.0. The summed E-state index contributed by atoms with van der Waals surface area (Å²) in [5, 5.41) is 18.8. The first-order chi connectivity index (χ1) is 10.1. The zero-order valence-corrected chi connectivity index (χ0v) is 11.6. The van der Waals surface area contributed by atoms with Gasteiger partial charge in [0.25, 0.3) is 0 Å². The third kappa shape index (κ3) is 2.45. The van der Waals surface area contributed by atoms with E-state index in [4.69, 9.17) is 4.74 Å². The second-order valence-electron chi connectivity index (χ2n) is 5.17. The van der Waals surface area contributed by atoms with Gasteiger partial charge in [-0.15, -0.1) is 0 Å². The largest absolute Gasteiger partial charge is 0.476 e. The van der Waals surface area contributed by atoms with Crippen molar-refractivity contribution in [2.24, 2.45) is 0 Å². The lowest BCUT2D eigenvalue weighted by molar-refractivity contribution is -0.0423. The summed E-state index contributed by atoms with van der Waals surface area (Å²) in [7, 11) is 0. The van der Waals surface area contributed by atoms with Crippen LogP contribution < -0.4 is 4.90 Å². The van der Waals surface area contributed by atoms with Gasteiger partial charge in [0, 0.05) is 19.3 Å². The minimum absolute atomic E-state index is 0.0950. The fraction of sp³-hybridized carbons (Fsp3) is 0.429. The summed E-state index contributed by atoms with van der Waals surface area (Å²) in [5.41, 5.74) is 0.723. The van der Waals surface area contributed by atoms with Crippen molar-refractivity contribution in [1.29, 1.82) is 0 Å². The molecule has 0 spiro atoms. The molecule has 1 aliphatic heterocycles. The molecular formula is C14H17N3O4. The van der Waals surface area contributed by atoms with Crippen LogP contribution in [0, 0.1) is 0 Å². The van der Waals surface area contributed by atoms with Gasteiger partial charge in [-0.1, -0.05) is 6.07 Å². The molecule has 2 atom stereocenters. The Morgan fingerprint density at radius 1 is 1.48 bits per heavy atom. The average molecular weight is 291 g/mol. The first-order valence-electron chi connectivity index (χ1n) is 6.81. The number of hydrogen-bond acceptors (Lipinski definition) is 5. The fourth-order valence-corrected chi connectivity index (χ4v) is 2.72. The smallest absolute Gasteiger partial charge is 0.356 e. The zero-order valence-electron chi connectivity index (χ0n) is 11.6. The molecule has 21 heavy (non-hydrogen) atoms. The number of anilines is 1. The first-order valence-corrected chi connectivity index (χ1v) is 6.81. The van der Waals surface area contributed by atoms with Gasteiger partial charge in [0.15, 0.2) is 11.5 Å². The summed E-state index contributed by atoms with van der Waals surface area (Å²) >= 11 is 0. The molecule has 0 aromatic carbocycles. The Labute approximate surface area is 121 Å². The number of rotatable bonds is 3. The number of hydrogen-bond donors (Lipinski definition) is 2. The van der Waals surface area contributed by atoms with Crippen molar-refractivity contribution in [3.63, 3.8) is 0 Å². The maximum Gasteiger partial charge on any atom is 0.356 e. The Kier molecular flexibility index (Phi) is 3.52. The van der Waals surface area contributed by atoms with E-state index in [2.05, 4.69) is 4.98 Å². The Morgan fingerprint density at radius 2 is 2.29 bits per heavy atom. The minimum atomic E-state index is -1.02. The SMILES string of the molecule is CC1CN(c2nc3ccccn3c2C(=O)O)CC(CO)O1. The van der Waals surface area contributed by atoms with Gasteiger partial charge in [0.2, 0.25) is 0 Å². The Hall–Kier alpha value is -2.12. The number of carboxylic acids is 1. The molecule has 2 aromatic rings. The van der Waals surface area contributed by atoms with Gasteiger partial charge in [0.05, 0.1) is 18.8 Å². The van der Waals surface area contributed by atoms with Crippen LogP contribution in [-0.2, 0) is 4.74 Å². The normalized spacial score (nSPS) is 22.7. The van der Waals surface area contributed by atoms with E-state index in [1.54, 1.807) is 22.7 Å². The van der Waals surface area contributed by atoms with Crippen LogP contribution in [0.5, 0.6) is 0 Å². The number of aliphatic hydroxyl groups excluding tert-OH is 1. The van der Waals surface area contributed by atoms with Crippen molar-refractivity contribution in [2.45, 2.75) is 19.1 Å². The number of ether oxygens (including phenoxy) is 1. The van der Waals surface area contributed by atoms with Crippen LogP contribution in [0.4, 0.5) is 5.82 Å². The first kappa shape index (κ1) is 13.8. The maximum atomic E-state index is 11.6. The van der Waals surface area contributed by atoms with E-state index in [9.17, 15) is 15.0 Å². The predicted molar refractivity (Wildman–Crippen MR) is 75.8 cm³/mol. The summed E-state index contributed by atoms with van der Waals surface area (Å²) < 4.78 is 7.15. The molecule has 1 saturated heterocycles. The second-order valence-corrected chi connectivity index (χ2v) is 5.17. The van der Waals surface area contributed by atoms with E-state index in [-0.39, 0.29) is 24.5 Å². The van der Waals surface area contributed by atoms with Crippen LogP contribution in [0.1, 0.15) is 17.4 Å². The summed E-state index contributed by atoms with van der Waals surface area (Å²) in [6, 6.07) is 5.35. The Bertz CT molecular complexity index is 669. The van der Waals surface area contributed by atoms with E-state index in [1.165, 1.54) is 0 Å². The molecule has 1 fully saturated rings. The number of pyridine rings is 1. The number of morpholine rings is 1. The van der Waals surface area contributed by atoms with Crippen LogP contribution in [0.25, 0.3) is 5.65 Å². The summed E-state index contributed by atoms with van der Waals surface area (Å²) in [5.74, 6) is -0.606. The number of carbonyl (C=O) groups is 1. The van der Waals surface area contributed by atoms with Gasteiger partial charge in [-0.05, 0) is 19.1 Å². The van der Waals surface area contributed by atoms with E-state index < -0.39 is 5.97 Å². The Balaban J connectivity index is 2.06. The molecule has 2 aromatic heterocycles. The molecule has 3 heterocycles. The van der Waals surface area contributed by atoms with Crippen molar-refractivity contribution in [1.82, 2.24) is 9.38 Å². The van der Waals surface area contributed by atoms with Gasteiger partial charge >= 0.3 is 5.97 Å². The minimum Gasteiger partial charge on any atom is -0.476 e.